The van der Waals surface area contributed by atoms with Crippen molar-refractivity contribution < 1.29 is 13.9 Å². The number of halogens is 1. The van der Waals surface area contributed by atoms with E-state index in [0.717, 1.165) is 43.7 Å². The molecule has 0 N–H and O–H groups in total. The van der Waals surface area contributed by atoms with Crippen molar-refractivity contribution in [3.63, 3.8) is 0 Å². The smallest absolute Gasteiger partial charge is 0.123 e. The summed E-state index contributed by atoms with van der Waals surface area (Å²) in [4.78, 5) is 6.57. The van der Waals surface area contributed by atoms with Crippen molar-refractivity contribution in [2.45, 2.75) is 44.2 Å². The number of hydrogen-bond donors (Lipinski definition) is 0. The fraction of sp³-hybridized carbons (Fsp3) is 0.450. The summed E-state index contributed by atoms with van der Waals surface area (Å²) in [7, 11) is 0. The molecule has 0 unspecified atom stereocenters. The summed E-state index contributed by atoms with van der Waals surface area (Å²) in [5.41, 5.74) is 2.20. The predicted molar refractivity (Wildman–Crippen MR) is 92.4 cm³/mol. The maximum atomic E-state index is 13.1. The van der Waals surface area contributed by atoms with Crippen molar-refractivity contribution in [2.24, 2.45) is 0 Å². The van der Waals surface area contributed by atoms with Crippen LogP contribution in [0, 0.1) is 5.82 Å². The zero-order valence-corrected chi connectivity index (χ0v) is 14.2. The maximum absolute atomic E-state index is 13.1. The van der Waals surface area contributed by atoms with Gasteiger partial charge in [-0.15, -0.1) is 0 Å². The zero-order chi connectivity index (χ0) is 17.1. The summed E-state index contributed by atoms with van der Waals surface area (Å²) in [6, 6.07) is 11.1. The Kier molecular flexibility index (Phi) is 5.06. The van der Waals surface area contributed by atoms with Crippen molar-refractivity contribution in [3.05, 3.63) is 65.7 Å². The number of fused-ring (bicyclic) bond motifs is 2. The number of pyridine rings is 1. The molecular weight excluding hydrogens is 319 g/mol. The van der Waals surface area contributed by atoms with Gasteiger partial charge in [0.05, 0.1) is 25.4 Å². The molecule has 1 aromatic heterocycles. The highest BCUT2D eigenvalue weighted by Crippen LogP contribution is 2.33. The molecule has 2 bridgehead atoms. The predicted octanol–water partition coefficient (Wildman–Crippen LogP) is 3.17. The highest BCUT2D eigenvalue weighted by Gasteiger charge is 2.42. The molecule has 1 aliphatic heterocycles. The first-order valence-corrected chi connectivity index (χ1v) is 8.90. The van der Waals surface area contributed by atoms with Crippen LogP contribution < -0.4 is 0 Å². The molecular formula is C20H23FN2O2. The quantitative estimate of drug-likeness (QED) is 0.836. The third-order valence-electron chi connectivity index (χ3n) is 5.14. The molecule has 1 saturated carbocycles. The minimum absolute atomic E-state index is 0.0724. The fourth-order valence-electron chi connectivity index (χ4n) is 3.88. The molecule has 2 heterocycles. The molecule has 0 amide bonds. The van der Waals surface area contributed by atoms with Crippen LogP contribution in [0.25, 0.3) is 0 Å². The van der Waals surface area contributed by atoms with E-state index in [1.54, 1.807) is 6.20 Å². The second kappa shape index (κ2) is 7.60. The number of ether oxygens (including phenoxy) is 2. The minimum Gasteiger partial charge on any atom is -0.374 e. The third-order valence-corrected chi connectivity index (χ3v) is 5.14. The summed E-state index contributed by atoms with van der Waals surface area (Å²) in [5, 5.41) is 0. The van der Waals surface area contributed by atoms with Crippen LogP contribution in [-0.4, -0.2) is 41.3 Å². The highest BCUT2D eigenvalue weighted by molar-refractivity contribution is 5.16. The van der Waals surface area contributed by atoms with Gasteiger partial charge >= 0.3 is 0 Å². The van der Waals surface area contributed by atoms with Crippen molar-refractivity contribution in [2.75, 3.05) is 13.2 Å². The highest BCUT2D eigenvalue weighted by atomic mass is 19.1. The van der Waals surface area contributed by atoms with Gasteiger partial charge in [0, 0.05) is 31.5 Å². The largest absolute Gasteiger partial charge is 0.374 e. The van der Waals surface area contributed by atoms with Gasteiger partial charge in [-0.1, -0.05) is 18.2 Å². The molecule has 1 aromatic carbocycles. The van der Waals surface area contributed by atoms with Crippen LogP contribution in [0.1, 0.15) is 24.0 Å². The molecule has 4 rings (SSSR count). The van der Waals surface area contributed by atoms with Crippen molar-refractivity contribution in [3.8, 4) is 0 Å². The molecule has 25 heavy (non-hydrogen) atoms. The third kappa shape index (κ3) is 3.89. The lowest BCUT2D eigenvalue weighted by Crippen LogP contribution is -2.42. The van der Waals surface area contributed by atoms with Gasteiger partial charge in [0.15, 0.2) is 0 Å². The Bertz CT molecular complexity index is 680. The number of nitrogens with zero attached hydrogens (tertiary/aromatic N) is 2. The van der Waals surface area contributed by atoms with E-state index in [1.807, 2.05) is 30.5 Å². The molecule has 2 fully saturated rings. The standard InChI is InChI=1S/C20H23FN2O2/c21-17-5-3-15(4-6-17)13-23-10-11-24-19-8-7-18(23)20(19)25-14-16-2-1-9-22-12-16/h1-6,9,12,18-20H,7-8,10-11,13-14H2/t18-,19-,20-/m0/s1. The van der Waals surface area contributed by atoms with E-state index in [-0.39, 0.29) is 18.0 Å². The van der Waals surface area contributed by atoms with Crippen LogP contribution in [0.3, 0.4) is 0 Å². The van der Waals surface area contributed by atoms with Gasteiger partial charge in [-0.3, -0.25) is 9.88 Å². The Hall–Kier alpha value is -1.82. The lowest BCUT2D eigenvalue weighted by atomic mass is 10.1. The van der Waals surface area contributed by atoms with Crippen LogP contribution in [-0.2, 0) is 22.6 Å². The molecule has 4 nitrogen and oxygen atoms in total. The monoisotopic (exact) mass is 342 g/mol. The lowest BCUT2D eigenvalue weighted by molar-refractivity contribution is -0.0614. The van der Waals surface area contributed by atoms with E-state index in [4.69, 9.17) is 9.47 Å². The number of benzene rings is 1. The molecule has 2 aliphatic rings. The number of rotatable bonds is 5. The van der Waals surface area contributed by atoms with Crippen LogP contribution in [0.4, 0.5) is 4.39 Å². The van der Waals surface area contributed by atoms with Crippen molar-refractivity contribution in [1.82, 2.24) is 9.88 Å². The zero-order valence-electron chi connectivity index (χ0n) is 14.2. The topological polar surface area (TPSA) is 34.6 Å². The van der Waals surface area contributed by atoms with Gasteiger partial charge in [-0.25, -0.2) is 4.39 Å². The first kappa shape index (κ1) is 16.6. The number of hydrogen-bond acceptors (Lipinski definition) is 4. The second-order valence-electron chi connectivity index (χ2n) is 6.79. The Morgan fingerprint density at radius 2 is 2.04 bits per heavy atom. The van der Waals surface area contributed by atoms with E-state index in [9.17, 15) is 4.39 Å². The van der Waals surface area contributed by atoms with E-state index in [1.165, 1.54) is 12.1 Å². The van der Waals surface area contributed by atoms with Gasteiger partial charge in [-0.05, 0) is 42.2 Å². The average Bonchev–Trinajstić information content (AvgIpc) is 2.95. The first-order chi connectivity index (χ1) is 12.3. The van der Waals surface area contributed by atoms with Crippen molar-refractivity contribution >= 4 is 0 Å². The SMILES string of the molecule is Fc1ccc(CN2CCO[C@H]3CC[C@H]2[C@@H]3OCc2cccnc2)cc1. The maximum Gasteiger partial charge on any atom is 0.123 e. The van der Waals surface area contributed by atoms with Gasteiger partial charge in [0.25, 0.3) is 0 Å². The Morgan fingerprint density at radius 3 is 2.84 bits per heavy atom. The molecule has 1 saturated heterocycles. The second-order valence-corrected chi connectivity index (χ2v) is 6.79. The van der Waals surface area contributed by atoms with E-state index in [2.05, 4.69) is 9.88 Å². The van der Waals surface area contributed by atoms with Gasteiger partial charge in [0.1, 0.15) is 5.82 Å². The van der Waals surface area contributed by atoms with Crippen LogP contribution in [0.5, 0.6) is 0 Å². The van der Waals surface area contributed by atoms with Gasteiger partial charge in [-0.2, -0.15) is 0 Å². The van der Waals surface area contributed by atoms with E-state index < -0.39 is 0 Å². The molecule has 3 atom stereocenters. The number of aromatic nitrogens is 1. The first-order valence-electron chi connectivity index (χ1n) is 8.90. The summed E-state index contributed by atoms with van der Waals surface area (Å²) >= 11 is 0. The van der Waals surface area contributed by atoms with Crippen LogP contribution in [0.15, 0.2) is 48.8 Å². The fourth-order valence-corrected chi connectivity index (χ4v) is 3.88. The summed E-state index contributed by atoms with van der Waals surface area (Å²) in [5.74, 6) is -0.193. The molecule has 132 valence electrons. The summed E-state index contributed by atoms with van der Waals surface area (Å²) in [6.45, 7) is 2.95. The van der Waals surface area contributed by atoms with Gasteiger partial charge in [0.2, 0.25) is 0 Å². The Morgan fingerprint density at radius 1 is 1.16 bits per heavy atom. The summed E-state index contributed by atoms with van der Waals surface area (Å²) < 4.78 is 25.4. The lowest BCUT2D eigenvalue weighted by Gasteiger charge is -2.31. The van der Waals surface area contributed by atoms with Crippen LogP contribution in [0.2, 0.25) is 0 Å². The molecule has 0 spiro atoms. The Balaban J connectivity index is 1.45. The minimum atomic E-state index is -0.193. The van der Waals surface area contributed by atoms with Crippen molar-refractivity contribution in [1.29, 1.82) is 0 Å². The summed E-state index contributed by atoms with van der Waals surface area (Å²) in [6.07, 6.45) is 5.96. The van der Waals surface area contributed by atoms with Crippen LogP contribution >= 0.6 is 0 Å². The molecule has 5 heteroatoms. The molecule has 1 aliphatic carbocycles. The van der Waals surface area contributed by atoms with E-state index in [0.29, 0.717) is 12.6 Å². The van der Waals surface area contributed by atoms with Gasteiger partial charge < -0.3 is 9.47 Å². The van der Waals surface area contributed by atoms with E-state index >= 15 is 0 Å². The normalized spacial score (nSPS) is 26.5. The molecule has 2 aromatic rings. The average molecular weight is 342 g/mol. The Labute approximate surface area is 147 Å². The molecule has 0 radical (unpaired) electrons.